The highest BCUT2D eigenvalue weighted by atomic mass is 35.5. The molecule has 3 rings (SSSR count). The van der Waals surface area contributed by atoms with Gasteiger partial charge in [-0.2, -0.15) is 0 Å². The number of ether oxygens (including phenoxy) is 1. The molecule has 0 saturated heterocycles. The minimum absolute atomic E-state index is 0.240. The second kappa shape index (κ2) is 5.54. The normalized spacial score (nSPS) is 11.0. The zero-order valence-electron chi connectivity index (χ0n) is 12.0. The van der Waals surface area contributed by atoms with E-state index in [0.717, 1.165) is 23.2 Å². The van der Waals surface area contributed by atoms with Gasteiger partial charge in [-0.1, -0.05) is 23.7 Å². The number of halogens is 3. The van der Waals surface area contributed by atoms with Crippen molar-refractivity contribution in [1.82, 2.24) is 4.98 Å². The summed E-state index contributed by atoms with van der Waals surface area (Å²) in [5, 5.41) is 1.18. The summed E-state index contributed by atoms with van der Waals surface area (Å²) in [4.78, 5) is 4.33. The van der Waals surface area contributed by atoms with E-state index in [1.165, 1.54) is 7.11 Å². The van der Waals surface area contributed by atoms with E-state index in [9.17, 15) is 8.78 Å². The number of methoxy groups -OCH3 is 1. The number of benzene rings is 2. The third-order valence-corrected chi connectivity index (χ3v) is 3.89. The van der Waals surface area contributed by atoms with E-state index < -0.39 is 11.6 Å². The summed E-state index contributed by atoms with van der Waals surface area (Å²) in [5.74, 6) is -1.66. The third-order valence-electron chi connectivity index (χ3n) is 3.58. The Bertz CT molecular complexity index is 880. The second-order valence-corrected chi connectivity index (χ2v) is 5.32. The predicted octanol–water partition coefficient (Wildman–Crippen LogP) is 5.15. The minimum atomic E-state index is -0.957. The molecule has 0 radical (unpaired) electrons. The van der Waals surface area contributed by atoms with Crippen molar-refractivity contribution >= 4 is 22.5 Å². The van der Waals surface area contributed by atoms with Gasteiger partial charge in [0.15, 0.2) is 11.6 Å². The molecule has 5 heteroatoms. The molecule has 0 saturated carbocycles. The average Bonchev–Trinajstić information content (AvgIpc) is 2.51. The number of aryl methyl sites for hydroxylation is 1. The Labute approximate surface area is 131 Å². The Balaban J connectivity index is 2.41. The standard InChI is InChI=1S/C17H12ClF2NO/c1-9-3-4-10(16-12(18)5-6-21-17(9)16)11-7-13(19)14(20)8-15(11)22-2/h3-8H,1-2H3. The molecule has 112 valence electrons. The van der Waals surface area contributed by atoms with E-state index in [1.807, 2.05) is 13.0 Å². The van der Waals surface area contributed by atoms with Crippen LogP contribution >= 0.6 is 11.6 Å². The Morgan fingerprint density at radius 3 is 2.50 bits per heavy atom. The Morgan fingerprint density at radius 2 is 1.77 bits per heavy atom. The lowest BCUT2D eigenvalue weighted by atomic mass is 9.97. The van der Waals surface area contributed by atoms with Crippen LogP contribution in [0.1, 0.15) is 5.56 Å². The van der Waals surface area contributed by atoms with Crippen LogP contribution < -0.4 is 4.74 Å². The molecule has 0 unspecified atom stereocenters. The van der Waals surface area contributed by atoms with Gasteiger partial charge < -0.3 is 4.74 Å². The monoisotopic (exact) mass is 319 g/mol. The fraction of sp³-hybridized carbons (Fsp3) is 0.118. The van der Waals surface area contributed by atoms with Crippen LogP contribution in [-0.4, -0.2) is 12.1 Å². The van der Waals surface area contributed by atoms with Gasteiger partial charge in [-0.15, -0.1) is 0 Å². The van der Waals surface area contributed by atoms with Gasteiger partial charge in [0.25, 0.3) is 0 Å². The van der Waals surface area contributed by atoms with Gasteiger partial charge in [-0.3, -0.25) is 4.98 Å². The second-order valence-electron chi connectivity index (χ2n) is 4.91. The molecule has 0 spiro atoms. The molecule has 2 nitrogen and oxygen atoms in total. The van der Waals surface area contributed by atoms with Gasteiger partial charge in [0.05, 0.1) is 17.6 Å². The molecule has 3 aromatic rings. The van der Waals surface area contributed by atoms with E-state index in [0.29, 0.717) is 21.5 Å². The largest absolute Gasteiger partial charge is 0.496 e. The molecule has 0 aliphatic carbocycles. The van der Waals surface area contributed by atoms with Crippen molar-refractivity contribution in [3.63, 3.8) is 0 Å². The molecule has 22 heavy (non-hydrogen) atoms. The van der Waals surface area contributed by atoms with Gasteiger partial charge in [0.2, 0.25) is 0 Å². The summed E-state index contributed by atoms with van der Waals surface area (Å²) >= 11 is 6.30. The molecular weight excluding hydrogens is 308 g/mol. The highest BCUT2D eigenvalue weighted by Gasteiger charge is 2.17. The van der Waals surface area contributed by atoms with E-state index in [-0.39, 0.29) is 5.75 Å². The van der Waals surface area contributed by atoms with Crippen molar-refractivity contribution in [2.45, 2.75) is 6.92 Å². The molecule has 0 aliphatic rings. The highest BCUT2D eigenvalue weighted by Crippen LogP contribution is 2.39. The summed E-state index contributed by atoms with van der Waals surface area (Å²) in [5.41, 5.74) is 2.75. The van der Waals surface area contributed by atoms with Crippen molar-refractivity contribution in [3.8, 4) is 16.9 Å². The molecule has 0 bridgehead atoms. The van der Waals surface area contributed by atoms with Gasteiger partial charge in [-0.25, -0.2) is 8.78 Å². The molecule has 2 aromatic carbocycles. The lowest BCUT2D eigenvalue weighted by Crippen LogP contribution is -1.95. The Hall–Kier alpha value is -2.20. The van der Waals surface area contributed by atoms with Crippen LogP contribution in [0.2, 0.25) is 5.02 Å². The summed E-state index contributed by atoms with van der Waals surface area (Å²) in [6, 6.07) is 7.48. The van der Waals surface area contributed by atoms with Gasteiger partial charge in [-0.05, 0) is 30.2 Å². The van der Waals surface area contributed by atoms with Gasteiger partial charge >= 0.3 is 0 Å². The summed E-state index contributed by atoms with van der Waals surface area (Å²) in [6.45, 7) is 1.91. The molecule has 0 aliphatic heterocycles. The van der Waals surface area contributed by atoms with Crippen molar-refractivity contribution in [2.24, 2.45) is 0 Å². The summed E-state index contributed by atoms with van der Waals surface area (Å²) in [7, 11) is 1.41. The Morgan fingerprint density at radius 1 is 1.05 bits per heavy atom. The first-order valence-electron chi connectivity index (χ1n) is 6.60. The van der Waals surface area contributed by atoms with Crippen LogP contribution in [0.25, 0.3) is 22.0 Å². The van der Waals surface area contributed by atoms with Crippen LogP contribution in [0.15, 0.2) is 36.5 Å². The predicted molar refractivity (Wildman–Crippen MR) is 83.4 cm³/mol. The van der Waals surface area contributed by atoms with Crippen molar-refractivity contribution in [1.29, 1.82) is 0 Å². The fourth-order valence-electron chi connectivity index (χ4n) is 2.50. The van der Waals surface area contributed by atoms with Crippen molar-refractivity contribution in [3.05, 3.63) is 58.7 Å². The van der Waals surface area contributed by atoms with Crippen LogP contribution in [0.4, 0.5) is 8.78 Å². The average molecular weight is 320 g/mol. The molecule has 1 aromatic heterocycles. The van der Waals surface area contributed by atoms with Crippen LogP contribution in [0, 0.1) is 18.6 Å². The van der Waals surface area contributed by atoms with E-state index in [4.69, 9.17) is 16.3 Å². The van der Waals surface area contributed by atoms with Gasteiger partial charge in [0, 0.05) is 23.2 Å². The van der Waals surface area contributed by atoms with Crippen molar-refractivity contribution in [2.75, 3.05) is 7.11 Å². The Kier molecular flexibility index (Phi) is 3.71. The maximum atomic E-state index is 13.7. The molecular formula is C17H12ClF2NO. The number of nitrogens with zero attached hydrogens (tertiary/aromatic N) is 1. The number of hydrogen-bond donors (Lipinski definition) is 0. The number of fused-ring (bicyclic) bond motifs is 1. The number of rotatable bonds is 2. The van der Waals surface area contributed by atoms with E-state index >= 15 is 0 Å². The quantitative estimate of drug-likeness (QED) is 0.651. The number of pyridine rings is 1. The zero-order valence-corrected chi connectivity index (χ0v) is 12.7. The summed E-state index contributed by atoms with van der Waals surface area (Å²) < 4.78 is 32.3. The van der Waals surface area contributed by atoms with Crippen molar-refractivity contribution < 1.29 is 13.5 Å². The number of aromatic nitrogens is 1. The maximum absolute atomic E-state index is 13.7. The lowest BCUT2D eigenvalue weighted by molar-refractivity contribution is 0.408. The molecule has 1 heterocycles. The molecule has 0 atom stereocenters. The fourth-order valence-corrected chi connectivity index (χ4v) is 2.74. The van der Waals surface area contributed by atoms with Crippen LogP contribution in [-0.2, 0) is 0 Å². The topological polar surface area (TPSA) is 22.1 Å². The van der Waals surface area contributed by atoms with Crippen LogP contribution in [0.3, 0.4) is 0 Å². The third kappa shape index (κ3) is 2.29. The SMILES string of the molecule is COc1cc(F)c(F)cc1-c1ccc(C)c2nccc(Cl)c12. The minimum Gasteiger partial charge on any atom is -0.496 e. The van der Waals surface area contributed by atoms with Crippen LogP contribution in [0.5, 0.6) is 5.75 Å². The zero-order chi connectivity index (χ0) is 15.9. The van der Waals surface area contributed by atoms with E-state index in [2.05, 4.69) is 4.98 Å². The smallest absolute Gasteiger partial charge is 0.162 e. The molecule has 0 fully saturated rings. The number of hydrogen-bond acceptors (Lipinski definition) is 2. The summed E-state index contributed by atoms with van der Waals surface area (Å²) in [6.07, 6.45) is 1.62. The van der Waals surface area contributed by atoms with E-state index in [1.54, 1.807) is 18.3 Å². The molecule has 0 amide bonds. The first kappa shape index (κ1) is 14.7. The first-order chi connectivity index (χ1) is 10.5. The lowest BCUT2D eigenvalue weighted by Gasteiger charge is -2.13. The maximum Gasteiger partial charge on any atom is 0.162 e. The highest BCUT2D eigenvalue weighted by molar-refractivity contribution is 6.36. The molecule has 0 N–H and O–H groups in total. The first-order valence-corrected chi connectivity index (χ1v) is 6.98. The van der Waals surface area contributed by atoms with Gasteiger partial charge in [0.1, 0.15) is 5.75 Å².